The number of alkyl halides is 3. The number of hydrogen-bond acceptors (Lipinski definition) is 5. The van der Waals surface area contributed by atoms with E-state index in [9.17, 15) is 18.3 Å². The molecule has 0 spiro atoms. The van der Waals surface area contributed by atoms with Crippen LogP contribution >= 0.6 is 0 Å². The van der Waals surface area contributed by atoms with Gasteiger partial charge in [0.1, 0.15) is 5.75 Å². The van der Waals surface area contributed by atoms with E-state index in [0.717, 1.165) is 12.1 Å². The second-order valence-electron chi connectivity index (χ2n) is 5.01. The standard InChI is InChI=1S/C16H11F3N2O3/c17-16(18,19)12-7-11(5-6-13(12)23)15-20-14(21-24-15)10-3-1-9(8-22)2-4-10/h1-7,22-23H,8H2. The molecule has 0 radical (unpaired) electrons. The topological polar surface area (TPSA) is 79.4 Å². The summed E-state index contributed by atoms with van der Waals surface area (Å²) in [6, 6.07) is 9.62. The SMILES string of the molecule is OCc1ccc(-c2noc(-c3ccc(O)c(C(F)(F)F)c3)n2)cc1. The number of phenolic OH excluding ortho intramolecular Hbond substituents is 1. The first-order chi connectivity index (χ1) is 11.4. The molecule has 3 aromatic rings. The molecular formula is C16H11F3N2O3. The molecular weight excluding hydrogens is 325 g/mol. The third kappa shape index (κ3) is 3.09. The van der Waals surface area contributed by atoms with Crippen molar-refractivity contribution in [2.45, 2.75) is 12.8 Å². The summed E-state index contributed by atoms with van der Waals surface area (Å²) in [6.45, 7) is -0.106. The van der Waals surface area contributed by atoms with E-state index in [0.29, 0.717) is 11.1 Å². The lowest BCUT2D eigenvalue weighted by Crippen LogP contribution is -2.05. The first kappa shape index (κ1) is 16.0. The minimum Gasteiger partial charge on any atom is -0.507 e. The molecule has 0 aliphatic carbocycles. The van der Waals surface area contributed by atoms with Crippen molar-refractivity contribution in [3.8, 4) is 28.6 Å². The highest BCUT2D eigenvalue weighted by Crippen LogP contribution is 2.38. The van der Waals surface area contributed by atoms with E-state index in [2.05, 4.69) is 10.1 Å². The predicted molar refractivity (Wildman–Crippen MR) is 77.8 cm³/mol. The molecule has 2 aromatic carbocycles. The zero-order valence-electron chi connectivity index (χ0n) is 12.1. The van der Waals surface area contributed by atoms with Crippen molar-refractivity contribution >= 4 is 0 Å². The lowest BCUT2D eigenvalue weighted by atomic mass is 10.1. The third-order valence-electron chi connectivity index (χ3n) is 3.37. The van der Waals surface area contributed by atoms with Crippen molar-refractivity contribution in [2.75, 3.05) is 0 Å². The van der Waals surface area contributed by atoms with Gasteiger partial charge in [-0.1, -0.05) is 29.4 Å². The van der Waals surface area contributed by atoms with Crippen LogP contribution in [0.25, 0.3) is 22.8 Å². The number of aliphatic hydroxyl groups is 1. The fourth-order valence-electron chi connectivity index (χ4n) is 2.11. The van der Waals surface area contributed by atoms with Crippen LogP contribution in [0.4, 0.5) is 13.2 Å². The van der Waals surface area contributed by atoms with Gasteiger partial charge in [-0.2, -0.15) is 18.2 Å². The lowest BCUT2D eigenvalue weighted by Gasteiger charge is -2.09. The van der Waals surface area contributed by atoms with Crippen LogP contribution in [0.1, 0.15) is 11.1 Å². The number of hydrogen-bond donors (Lipinski definition) is 2. The summed E-state index contributed by atoms with van der Waals surface area (Å²) in [5.74, 6) is -0.761. The summed E-state index contributed by atoms with van der Waals surface area (Å²) in [5, 5.41) is 22.1. The first-order valence-corrected chi connectivity index (χ1v) is 6.83. The van der Waals surface area contributed by atoms with Crippen molar-refractivity contribution < 1.29 is 27.9 Å². The van der Waals surface area contributed by atoms with Gasteiger partial charge in [-0.05, 0) is 23.8 Å². The summed E-state index contributed by atoms with van der Waals surface area (Å²) in [7, 11) is 0. The van der Waals surface area contributed by atoms with Crippen molar-refractivity contribution in [1.82, 2.24) is 10.1 Å². The van der Waals surface area contributed by atoms with Gasteiger partial charge in [-0.3, -0.25) is 0 Å². The number of nitrogens with zero attached hydrogens (tertiary/aromatic N) is 2. The molecule has 3 rings (SSSR count). The van der Waals surface area contributed by atoms with Gasteiger partial charge in [0.2, 0.25) is 5.82 Å². The van der Waals surface area contributed by atoms with E-state index < -0.39 is 17.5 Å². The average Bonchev–Trinajstić information content (AvgIpc) is 3.04. The van der Waals surface area contributed by atoms with Gasteiger partial charge in [0.25, 0.3) is 5.89 Å². The molecule has 24 heavy (non-hydrogen) atoms. The Morgan fingerprint density at radius 3 is 2.29 bits per heavy atom. The van der Waals surface area contributed by atoms with Crippen LogP contribution in [-0.4, -0.2) is 20.4 Å². The molecule has 1 aromatic heterocycles. The quantitative estimate of drug-likeness (QED) is 0.764. The second-order valence-corrected chi connectivity index (χ2v) is 5.01. The molecule has 124 valence electrons. The van der Waals surface area contributed by atoms with Gasteiger partial charge in [0.05, 0.1) is 12.2 Å². The molecule has 0 aliphatic rings. The number of rotatable bonds is 3. The number of aromatic hydroxyl groups is 1. The Labute approximate surface area is 134 Å². The van der Waals surface area contributed by atoms with Gasteiger partial charge in [0.15, 0.2) is 0 Å². The van der Waals surface area contributed by atoms with Crippen molar-refractivity contribution in [1.29, 1.82) is 0 Å². The number of aromatic nitrogens is 2. The fraction of sp³-hybridized carbons (Fsp3) is 0.125. The Balaban J connectivity index is 1.96. The van der Waals surface area contributed by atoms with Crippen LogP contribution < -0.4 is 0 Å². The molecule has 1 heterocycles. The van der Waals surface area contributed by atoms with E-state index >= 15 is 0 Å². The van der Waals surface area contributed by atoms with Gasteiger partial charge in [0, 0.05) is 11.1 Å². The minimum absolute atomic E-state index is 0.0471. The second kappa shape index (κ2) is 5.97. The molecule has 0 unspecified atom stereocenters. The molecule has 0 bridgehead atoms. The first-order valence-electron chi connectivity index (χ1n) is 6.83. The smallest absolute Gasteiger partial charge is 0.419 e. The molecule has 0 amide bonds. The zero-order chi connectivity index (χ0) is 17.3. The Morgan fingerprint density at radius 2 is 1.67 bits per heavy atom. The number of phenols is 1. The largest absolute Gasteiger partial charge is 0.507 e. The molecule has 5 nitrogen and oxygen atoms in total. The fourth-order valence-corrected chi connectivity index (χ4v) is 2.11. The summed E-state index contributed by atoms with van der Waals surface area (Å²) >= 11 is 0. The van der Waals surface area contributed by atoms with E-state index in [1.165, 1.54) is 6.07 Å². The van der Waals surface area contributed by atoms with Crippen LogP contribution in [0.2, 0.25) is 0 Å². The Bertz CT molecular complexity index is 858. The van der Waals surface area contributed by atoms with E-state index in [1.807, 2.05) is 0 Å². The van der Waals surface area contributed by atoms with Crippen molar-refractivity contribution in [3.63, 3.8) is 0 Å². The highest BCUT2D eigenvalue weighted by molar-refractivity contribution is 5.62. The van der Waals surface area contributed by atoms with Crippen LogP contribution in [0, 0.1) is 0 Å². The van der Waals surface area contributed by atoms with Crippen LogP contribution in [0.5, 0.6) is 5.75 Å². The number of aliphatic hydroxyl groups excluding tert-OH is 1. The minimum atomic E-state index is -4.69. The molecule has 8 heteroatoms. The summed E-state index contributed by atoms with van der Waals surface area (Å²) < 4.78 is 43.5. The Hall–Kier alpha value is -2.87. The van der Waals surface area contributed by atoms with Gasteiger partial charge in [-0.15, -0.1) is 0 Å². The normalized spacial score (nSPS) is 11.7. The van der Waals surface area contributed by atoms with E-state index in [1.54, 1.807) is 24.3 Å². The van der Waals surface area contributed by atoms with Crippen molar-refractivity contribution in [3.05, 3.63) is 53.6 Å². The maximum Gasteiger partial charge on any atom is 0.419 e. The maximum atomic E-state index is 12.8. The molecule has 0 aliphatic heterocycles. The average molecular weight is 336 g/mol. The monoisotopic (exact) mass is 336 g/mol. The maximum absolute atomic E-state index is 12.8. The van der Waals surface area contributed by atoms with E-state index in [-0.39, 0.29) is 23.9 Å². The van der Waals surface area contributed by atoms with Gasteiger partial charge < -0.3 is 14.7 Å². The molecule has 0 saturated heterocycles. The highest BCUT2D eigenvalue weighted by Gasteiger charge is 2.34. The van der Waals surface area contributed by atoms with Gasteiger partial charge in [-0.25, -0.2) is 0 Å². The summed E-state index contributed by atoms with van der Waals surface area (Å²) in [6.07, 6.45) is -4.69. The highest BCUT2D eigenvalue weighted by atomic mass is 19.4. The van der Waals surface area contributed by atoms with Crippen LogP contribution in [0.3, 0.4) is 0 Å². The molecule has 0 atom stereocenters. The number of benzene rings is 2. The number of halogens is 3. The molecule has 2 N–H and O–H groups in total. The zero-order valence-corrected chi connectivity index (χ0v) is 12.1. The van der Waals surface area contributed by atoms with E-state index in [4.69, 9.17) is 9.63 Å². The molecule has 0 saturated carbocycles. The lowest BCUT2D eigenvalue weighted by molar-refractivity contribution is -0.138. The van der Waals surface area contributed by atoms with Crippen molar-refractivity contribution in [2.24, 2.45) is 0 Å². The van der Waals surface area contributed by atoms with Crippen LogP contribution in [-0.2, 0) is 12.8 Å². The summed E-state index contributed by atoms with van der Waals surface area (Å²) in [5.41, 5.74) is 0.172. The third-order valence-corrected chi connectivity index (χ3v) is 3.37. The predicted octanol–water partition coefficient (Wildman–Crippen LogP) is 3.62. The Kier molecular flexibility index (Phi) is 3.98. The Morgan fingerprint density at radius 1 is 1.00 bits per heavy atom. The van der Waals surface area contributed by atoms with Crippen LogP contribution in [0.15, 0.2) is 47.0 Å². The van der Waals surface area contributed by atoms with Gasteiger partial charge >= 0.3 is 6.18 Å². The molecule has 0 fully saturated rings. The summed E-state index contributed by atoms with van der Waals surface area (Å²) in [4.78, 5) is 4.07.